The van der Waals surface area contributed by atoms with Crippen molar-refractivity contribution in [2.45, 2.75) is 45.2 Å². The Balaban J connectivity index is 1.50. The number of carbonyl (C=O) groups is 2. The van der Waals surface area contributed by atoms with Crippen LogP contribution < -0.4 is 14.2 Å². The van der Waals surface area contributed by atoms with Crippen molar-refractivity contribution in [3.05, 3.63) is 89.5 Å². The first kappa shape index (κ1) is 26.8. The minimum Gasteiger partial charge on any atom is -0.494 e. The molecule has 0 atom stereocenters. The summed E-state index contributed by atoms with van der Waals surface area (Å²) in [5.74, 6) is -0.530. The van der Waals surface area contributed by atoms with Crippen molar-refractivity contribution >= 4 is 11.9 Å². The molecule has 5 nitrogen and oxygen atoms in total. The zero-order valence-corrected chi connectivity index (χ0v) is 19.8. The largest absolute Gasteiger partial charge is 0.494 e. The van der Waals surface area contributed by atoms with Gasteiger partial charge in [0, 0.05) is 0 Å². The summed E-state index contributed by atoms with van der Waals surface area (Å²) in [4.78, 5) is 24.6. The summed E-state index contributed by atoms with van der Waals surface area (Å²) in [7, 11) is 0. The molecule has 0 fully saturated rings. The molecule has 0 saturated heterocycles. The summed E-state index contributed by atoms with van der Waals surface area (Å²) in [6.07, 6.45) is 1.16. The van der Waals surface area contributed by atoms with E-state index in [1.807, 2.05) is 0 Å². The van der Waals surface area contributed by atoms with Crippen LogP contribution in [0, 0.1) is 0 Å². The molecule has 0 aromatic heterocycles. The third kappa shape index (κ3) is 8.15. The molecule has 0 amide bonds. The number of hydrogen-bond donors (Lipinski definition) is 0. The third-order valence-electron chi connectivity index (χ3n) is 5.28. The maximum absolute atomic E-state index is 12.8. The normalized spacial score (nSPS) is 11.1. The van der Waals surface area contributed by atoms with E-state index in [1.54, 1.807) is 24.3 Å². The Morgan fingerprint density at radius 2 is 1.25 bits per heavy atom. The Morgan fingerprint density at radius 1 is 0.694 bits per heavy atom. The van der Waals surface area contributed by atoms with Crippen molar-refractivity contribution in [1.82, 2.24) is 0 Å². The fraction of sp³-hybridized carbons (Fsp3) is 0.286. The van der Waals surface area contributed by atoms with Crippen LogP contribution in [0.25, 0.3) is 0 Å². The van der Waals surface area contributed by atoms with E-state index in [1.165, 1.54) is 49.6 Å². The van der Waals surface area contributed by atoms with Crippen LogP contribution in [0.15, 0.2) is 72.8 Å². The summed E-state index contributed by atoms with van der Waals surface area (Å²) in [6, 6.07) is 16.2. The summed E-state index contributed by atoms with van der Waals surface area (Å²) in [5.41, 5.74) is -0.837. The van der Waals surface area contributed by atoms with E-state index in [2.05, 4.69) is 6.92 Å². The van der Waals surface area contributed by atoms with Crippen LogP contribution in [0.1, 0.15) is 65.3 Å². The highest BCUT2D eigenvalue weighted by Crippen LogP contribution is 2.30. The summed E-state index contributed by atoms with van der Waals surface area (Å²) in [5, 5.41) is 0. The van der Waals surface area contributed by atoms with Crippen LogP contribution in [0.5, 0.6) is 17.2 Å². The molecule has 3 aromatic carbocycles. The highest BCUT2D eigenvalue weighted by molar-refractivity contribution is 5.92. The third-order valence-corrected chi connectivity index (χ3v) is 5.28. The van der Waals surface area contributed by atoms with E-state index < -0.39 is 23.7 Å². The predicted octanol–water partition coefficient (Wildman–Crippen LogP) is 7.49. The summed E-state index contributed by atoms with van der Waals surface area (Å²) >= 11 is 0. The van der Waals surface area contributed by atoms with E-state index in [0.717, 1.165) is 31.0 Å². The standard InChI is InChI=1S/C28H27F3O5/c1-2-3-4-5-6-18-34-23-12-10-20(11-13-23)26(32)35-24-14-16-25(17-15-24)36-27(33)21-8-7-9-22(19-21)28(29,30)31/h7-17,19H,2-6,18H2,1H3. The lowest BCUT2D eigenvalue weighted by Crippen LogP contribution is -2.11. The molecule has 0 saturated carbocycles. The zero-order chi connectivity index (χ0) is 26.0. The number of carbonyl (C=O) groups excluding carboxylic acids is 2. The Kier molecular flexibility index (Phi) is 9.50. The topological polar surface area (TPSA) is 61.8 Å². The Morgan fingerprint density at radius 3 is 1.83 bits per heavy atom. The minimum atomic E-state index is -4.57. The highest BCUT2D eigenvalue weighted by Gasteiger charge is 2.31. The first-order chi connectivity index (χ1) is 17.3. The van der Waals surface area contributed by atoms with E-state index in [-0.39, 0.29) is 17.1 Å². The van der Waals surface area contributed by atoms with Crippen molar-refractivity contribution < 1.29 is 37.0 Å². The molecule has 0 heterocycles. The fourth-order valence-electron chi connectivity index (χ4n) is 3.31. The molecule has 190 valence electrons. The van der Waals surface area contributed by atoms with Gasteiger partial charge in [0.2, 0.25) is 0 Å². The molecule has 3 aromatic rings. The molecule has 0 aliphatic carbocycles. The molecule has 0 aliphatic heterocycles. The van der Waals surface area contributed by atoms with E-state index in [9.17, 15) is 22.8 Å². The molecule has 0 N–H and O–H groups in total. The number of ether oxygens (including phenoxy) is 3. The van der Waals surface area contributed by atoms with Gasteiger partial charge in [-0.1, -0.05) is 38.7 Å². The van der Waals surface area contributed by atoms with Crippen LogP contribution in [0.4, 0.5) is 13.2 Å². The van der Waals surface area contributed by atoms with Gasteiger partial charge in [0.1, 0.15) is 17.2 Å². The van der Waals surface area contributed by atoms with Crippen LogP contribution in [0.3, 0.4) is 0 Å². The molecule has 0 bridgehead atoms. The number of rotatable bonds is 11. The second-order valence-corrected chi connectivity index (χ2v) is 8.12. The molecular weight excluding hydrogens is 473 g/mol. The van der Waals surface area contributed by atoms with E-state index >= 15 is 0 Å². The van der Waals surface area contributed by atoms with Gasteiger partial charge in [-0.2, -0.15) is 13.2 Å². The monoisotopic (exact) mass is 500 g/mol. The molecule has 0 unspecified atom stereocenters. The number of halogens is 3. The van der Waals surface area contributed by atoms with Crippen LogP contribution in [-0.4, -0.2) is 18.5 Å². The highest BCUT2D eigenvalue weighted by atomic mass is 19.4. The SMILES string of the molecule is CCCCCCCOc1ccc(C(=O)Oc2ccc(OC(=O)c3cccc(C(F)(F)F)c3)cc2)cc1. The van der Waals surface area contributed by atoms with E-state index in [0.29, 0.717) is 17.9 Å². The average Bonchev–Trinajstić information content (AvgIpc) is 2.87. The second-order valence-electron chi connectivity index (χ2n) is 8.12. The van der Waals surface area contributed by atoms with Gasteiger partial charge in [0.15, 0.2) is 0 Å². The van der Waals surface area contributed by atoms with Crippen molar-refractivity contribution in [3.8, 4) is 17.2 Å². The van der Waals surface area contributed by atoms with Gasteiger partial charge in [-0.05, 0) is 73.2 Å². The molecule has 36 heavy (non-hydrogen) atoms. The van der Waals surface area contributed by atoms with Crippen molar-refractivity contribution in [2.75, 3.05) is 6.61 Å². The second kappa shape index (κ2) is 12.8. The van der Waals surface area contributed by atoms with Crippen LogP contribution in [-0.2, 0) is 6.18 Å². The number of benzene rings is 3. The predicted molar refractivity (Wildman–Crippen MR) is 128 cm³/mol. The maximum atomic E-state index is 12.8. The quantitative estimate of drug-likeness (QED) is 0.155. The number of alkyl halides is 3. The summed E-state index contributed by atoms with van der Waals surface area (Å²) in [6.45, 7) is 2.79. The first-order valence-corrected chi connectivity index (χ1v) is 11.7. The van der Waals surface area contributed by atoms with Crippen LogP contribution >= 0.6 is 0 Å². The first-order valence-electron chi connectivity index (χ1n) is 11.7. The van der Waals surface area contributed by atoms with Crippen molar-refractivity contribution in [3.63, 3.8) is 0 Å². The molecule has 0 spiro atoms. The Labute approximate surface area is 207 Å². The molecule has 8 heteroatoms. The van der Waals surface area contributed by atoms with Crippen molar-refractivity contribution in [2.24, 2.45) is 0 Å². The van der Waals surface area contributed by atoms with Crippen molar-refractivity contribution in [1.29, 1.82) is 0 Å². The maximum Gasteiger partial charge on any atom is 0.416 e. The Bertz CT molecular complexity index is 1140. The number of esters is 2. The molecule has 0 radical (unpaired) electrons. The molecular formula is C28H27F3O5. The number of unbranched alkanes of at least 4 members (excludes halogenated alkanes) is 4. The van der Waals surface area contributed by atoms with E-state index in [4.69, 9.17) is 14.2 Å². The number of hydrogen-bond acceptors (Lipinski definition) is 5. The molecule has 0 aliphatic rings. The van der Waals surface area contributed by atoms with Crippen LogP contribution in [0.2, 0.25) is 0 Å². The van der Waals surface area contributed by atoms with Gasteiger partial charge < -0.3 is 14.2 Å². The smallest absolute Gasteiger partial charge is 0.416 e. The Hall–Kier alpha value is -3.81. The van der Waals surface area contributed by atoms with Gasteiger partial charge in [-0.15, -0.1) is 0 Å². The molecule has 3 rings (SSSR count). The average molecular weight is 501 g/mol. The van der Waals surface area contributed by atoms with Gasteiger partial charge in [-0.3, -0.25) is 0 Å². The lowest BCUT2D eigenvalue weighted by Gasteiger charge is -2.09. The summed E-state index contributed by atoms with van der Waals surface area (Å²) < 4.78 is 54.7. The zero-order valence-electron chi connectivity index (χ0n) is 19.8. The van der Waals surface area contributed by atoms with Gasteiger partial charge >= 0.3 is 18.1 Å². The lowest BCUT2D eigenvalue weighted by atomic mass is 10.1. The van der Waals surface area contributed by atoms with Gasteiger partial charge in [0.25, 0.3) is 0 Å². The van der Waals surface area contributed by atoms with Gasteiger partial charge in [0.05, 0.1) is 23.3 Å². The minimum absolute atomic E-state index is 0.0911. The van der Waals surface area contributed by atoms with Gasteiger partial charge in [-0.25, -0.2) is 9.59 Å². The fourth-order valence-corrected chi connectivity index (χ4v) is 3.31. The lowest BCUT2D eigenvalue weighted by molar-refractivity contribution is -0.137.